The fourth-order valence-corrected chi connectivity index (χ4v) is 6.15. The first kappa shape index (κ1) is 26.2. The number of hydrogen-bond donors (Lipinski definition) is 1. The van der Waals surface area contributed by atoms with E-state index < -0.39 is 5.41 Å². The number of anilines is 1. The first-order valence-electron chi connectivity index (χ1n) is 14.3. The van der Waals surface area contributed by atoms with Gasteiger partial charge in [-0.15, -0.1) is 0 Å². The van der Waals surface area contributed by atoms with Crippen LogP contribution in [-0.2, 0) is 10.2 Å². The third-order valence-corrected chi connectivity index (χ3v) is 8.77. The fourth-order valence-electron chi connectivity index (χ4n) is 6.15. The second-order valence-corrected chi connectivity index (χ2v) is 11.3. The lowest BCUT2D eigenvalue weighted by Gasteiger charge is -2.43. The van der Waals surface area contributed by atoms with Crippen LogP contribution in [0.15, 0.2) is 67.3 Å². The molecule has 9 nitrogen and oxygen atoms in total. The van der Waals surface area contributed by atoms with Gasteiger partial charge in [0.25, 0.3) is 5.91 Å². The zero-order valence-corrected chi connectivity index (χ0v) is 22.8. The number of likely N-dealkylation sites (tertiary alicyclic amines) is 1. The quantitative estimate of drug-likeness (QED) is 0.542. The van der Waals surface area contributed by atoms with Crippen molar-refractivity contribution in [2.75, 3.05) is 44.2 Å². The van der Waals surface area contributed by atoms with Crippen LogP contribution in [0.2, 0.25) is 0 Å². The Morgan fingerprint density at radius 3 is 2.45 bits per heavy atom. The SMILES string of the molecule is O=C1NCCN(c2cnccn2)CCCC2(CCN(C(=O)C3(c4ccccn4)CC3)CC2)COc2ccccc21. The normalized spacial score (nSPS) is 20.6. The van der Waals surface area contributed by atoms with Crippen LogP contribution in [0.3, 0.4) is 0 Å². The molecule has 4 heterocycles. The summed E-state index contributed by atoms with van der Waals surface area (Å²) in [6, 6.07) is 13.3. The minimum Gasteiger partial charge on any atom is -0.492 e. The van der Waals surface area contributed by atoms with Crippen molar-refractivity contribution in [2.45, 2.75) is 43.9 Å². The van der Waals surface area contributed by atoms with Gasteiger partial charge in [-0.3, -0.25) is 19.6 Å². The van der Waals surface area contributed by atoms with Crippen molar-refractivity contribution in [3.63, 3.8) is 0 Å². The molecule has 1 N–H and O–H groups in total. The molecule has 1 aromatic carbocycles. The molecule has 1 aliphatic carbocycles. The number of pyridine rings is 1. The van der Waals surface area contributed by atoms with E-state index in [0.717, 1.165) is 56.6 Å². The van der Waals surface area contributed by atoms with Gasteiger partial charge in [0.2, 0.25) is 5.91 Å². The van der Waals surface area contributed by atoms with Crippen LogP contribution in [0.1, 0.15) is 54.6 Å². The zero-order chi connectivity index (χ0) is 27.4. The Kier molecular flexibility index (Phi) is 7.36. The van der Waals surface area contributed by atoms with Gasteiger partial charge in [-0.2, -0.15) is 0 Å². The van der Waals surface area contributed by atoms with Crippen molar-refractivity contribution in [3.8, 4) is 5.75 Å². The van der Waals surface area contributed by atoms with Gasteiger partial charge in [0.15, 0.2) is 0 Å². The van der Waals surface area contributed by atoms with Crippen LogP contribution in [0.4, 0.5) is 5.82 Å². The van der Waals surface area contributed by atoms with Crippen LogP contribution in [0.5, 0.6) is 5.75 Å². The number of fused-ring (bicyclic) bond motifs is 1. The number of hydrogen-bond acceptors (Lipinski definition) is 7. The molecule has 1 spiro atoms. The summed E-state index contributed by atoms with van der Waals surface area (Å²) in [7, 11) is 0. The summed E-state index contributed by atoms with van der Waals surface area (Å²) in [5, 5.41) is 3.04. The van der Waals surface area contributed by atoms with Crippen molar-refractivity contribution < 1.29 is 14.3 Å². The largest absolute Gasteiger partial charge is 0.492 e. The van der Waals surface area contributed by atoms with Crippen molar-refractivity contribution in [3.05, 3.63) is 78.5 Å². The van der Waals surface area contributed by atoms with Crippen LogP contribution in [-0.4, -0.2) is 71.0 Å². The Morgan fingerprint density at radius 1 is 0.875 bits per heavy atom. The summed E-state index contributed by atoms with van der Waals surface area (Å²) in [6.45, 7) is 3.84. The van der Waals surface area contributed by atoms with Gasteiger partial charge in [0.1, 0.15) is 11.6 Å². The molecule has 0 unspecified atom stereocenters. The van der Waals surface area contributed by atoms with Crippen LogP contribution in [0.25, 0.3) is 0 Å². The molecule has 3 aromatic rings. The highest BCUT2D eigenvalue weighted by Crippen LogP contribution is 2.50. The molecule has 0 atom stereocenters. The van der Waals surface area contributed by atoms with Gasteiger partial charge in [0.05, 0.1) is 29.5 Å². The maximum atomic E-state index is 13.7. The molecule has 208 valence electrons. The smallest absolute Gasteiger partial charge is 0.255 e. The van der Waals surface area contributed by atoms with E-state index in [4.69, 9.17) is 4.74 Å². The number of nitrogens with one attached hydrogen (secondary N) is 1. The van der Waals surface area contributed by atoms with E-state index >= 15 is 0 Å². The molecule has 3 aliphatic rings. The molecule has 9 heteroatoms. The van der Waals surface area contributed by atoms with Crippen LogP contribution >= 0.6 is 0 Å². The first-order chi connectivity index (χ1) is 19.6. The van der Waals surface area contributed by atoms with E-state index in [2.05, 4.69) is 25.2 Å². The van der Waals surface area contributed by atoms with E-state index in [9.17, 15) is 9.59 Å². The molecule has 40 heavy (non-hydrogen) atoms. The number of piperidine rings is 1. The monoisotopic (exact) mass is 540 g/mol. The van der Waals surface area contributed by atoms with Crippen molar-refractivity contribution >= 4 is 17.6 Å². The second kappa shape index (κ2) is 11.2. The molecule has 2 amide bonds. The average molecular weight is 541 g/mol. The van der Waals surface area contributed by atoms with Gasteiger partial charge in [-0.25, -0.2) is 4.98 Å². The maximum absolute atomic E-state index is 13.7. The van der Waals surface area contributed by atoms with Gasteiger partial charge < -0.3 is 19.9 Å². The summed E-state index contributed by atoms with van der Waals surface area (Å²) in [6.07, 6.45) is 12.3. The molecule has 6 rings (SSSR count). The third-order valence-electron chi connectivity index (χ3n) is 8.77. The lowest BCUT2D eigenvalue weighted by atomic mass is 9.75. The van der Waals surface area contributed by atoms with E-state index in [-0.39, 0.29) is 17.2 Å². The third kappa shape index (κ3) is 5.37. The van der Waals surface area contributed by atoms with E-state index in [1.165, 1.54) is 0 Å². The van der Waals surface area contributed by atoms with Gasteiger partial charge in [-0.05, 0) is 62.8 Å². The minimum atomic E-state index is -0.448. The number of carbonyl (C=O) groups excluding carboxylic acids is 2. The molecule has 1 saturated carbocycles. The second-order valence-electron chi connectivity index (χ2n) is 11.3. The molecule has 2 aromatic heterocycles. The number of benzene rings is 1. The van der Waals surface area contributed by atoms with Gasteiger partial charge in [-0.1, -0.05) is 18.2 Å². The summed E-state index contributed by atoms with van der Waals surface area (Å²) in [5.41, 5.74) is 0.895. The molecule has 2 fully saturated rings. The summed E-state index contributed by atoms with van der Waals surface area (Å²) in [4.78, 5) is 44.3. The van der Waals surface area contributed by atoms with Crippen molar-refractivity contribution in [2.24, 2.45) is 5.41 Å². The number of nitrogens with zero attached hydrogens (tertiary/aromatic N) is 5. The number of ether oxygens (including phenoxy) is 1. The van der Waals surface area contributed by atoms with E-state index in [0.29, 0.717) is 44.1 Å². The average Bonchev–Trinajstić information content (AvgIpc) is 3.82. The van der Waals surface area contributed by atoms with Gasteiger partial charge in [0, 0.05) is 56.7 Å². The summed E-state index contributed by atoms with van der Waals surface area (Å²) in [5.74, 6) is 1.48. The molecular weight excluding hydrogens is 504 g/mol. The summed E-state index contributed by atoms with van der Waals surface area (Å²) >= 11 is 0. The molecule has 1 saturated heterocycles. The highest BCUT2D eigenvalue weighted by molar-refractivity contribution is 5.97. The molecular formula is C31H36N6O3. The predicted molar refractivity (Wildman–Crippen MR) is 151 cm³/mol. The Morgan fingerprint density at radius 2 is 1.70 bits per heavy atom. The molecule has 0 radical (unpaired) electrons. The van der Waals surface area contributed by atoms with Crippen LogP contribution < -0.4 is 15.0 Å². The van der Waals surface area contributed by atoms with E-state index in [1.54, 1.807) is 24.8 Å². The Bertz CT molecular complexity index is 1320. The first-order valence-corrected chi connectivity index (χ1v) is 14.3. The molecule has 2 aliphatic heterocycles. The lowest BCUT2D eigenvalue weighted by molar-refractivity contribution is -0.137. The zero-order valence-electron chi connectivity index (χ0n) is 22.8. The minimum absolute atomic E-state index is 0.0931. The van der Waals surface area contributed by atoms with Gasteiger partial charge >= 0.3 is 0 Å². The summed E-state index contributed by atoms with van der Waals surface area (Å²) < 4.78 is 6.41. The topological polar surface area (TPSA) is 101 Å². The lowest BCUT2D eigenvalue weighted by Crippen LogP contribution is -2.49. The highest BCUT2D eigenvalue weighted by Gasteiger charge is 2.55. The number of para-hydroxylation sites is 1. The van der Waals surface area contributed by atoms with Crippen molar-refractivity contribution in [1.29, 1.82) is 0 Å². The molecule has 0 bridgehead atoms. The maximum Gasteiger partial charge on any atom is 0.255 e. The van der Waals surface area contributed by atoms with Crippen LogP contribution in [0, 0.1) is 5.41 Å². The standard InChI is InChI=1S/C31H36N6O3/c38-28-24-6-1-2-7-25(24)40-23-30(9-5-18-36(21-17-35-28)27-22-32-15-16-34-27)12-19-37(20-13-30)29(39)31(10-11-31)26-8-3-4-14-33-26/h1-4,6-8,14-16,22H,5,9-13,17-21,23H2,(H,35,38). The Balaban J connectivity index is 1.20. The Hall–Kier alpha value is -4.01. The van der Waals surface area contributed by atoms with Crippen molar-refractivity contribution in [1.82, 2.24) is 25.2 Å². The number of aromatic nitrogens is 3. The predicted octanol–water partition coefficient (Wildman–Crippen LogP) is 3.62. The Labute approximate surface area is 235 Å². The number of amides is 2. The fraction of sp³-hybridized carbons (Fsp3) is 0.452. The number of carbonyl (C=O) groups is 2. The van der Waals surface area contributed by atoms with E-state index in [1.807, 2.05) is 47.4 Å². The highest BCUT2D eigenvalue weighted by atomic mass is 16.5. The number of rotatable bonds is 3.